The minimum absolute atomic E-state index is 0. The highest BCUT2D eigenvalue weighted by molar-refractivity contribution is 14.0. The highest BCUT2D eigenvalue weighted by Gasteiger charge is 2.22. The molecule has 2 aliphatic rings. The molecule has 1 aromatic carbocycles. The number of hydrogen-bond donors (Lipinski definition) is 1. The number of guanidine groups is 1. The number of anilines is 1. The number of hydrogen-bond acceptors (Lipinski definition) is 4. The van der Waals surface area contributed by atoms with Crippen LogP contribution in [0.3, 0.4) is 0 Å². The average molecular weight is 515 g/mol. The van der Waals surface area contributed by atoms with E-state index in [9.17, 15) is 0 Å². The van der Waals surface area contributed by atoms with E-state index in [1.54, 1.807) is 0 Å². The van der Waals surface area contributed by atoms with E-state index in [2.05, 4.69) is 69.3 Å². The summed E-state index contributed by atoms with van der Waals surface area (Å²) in [5, 5.41) is 3.54. The van der Waals surface area contributed by atoms with Crippen molar-refractivity contribution in [1.29, 1.82) is 0 Å². The third-order valence-corrected chi connectivity index (χ3v) is 5.81. The van der Waals surface area contributed by atoms with E-state index in [4.69, 9.17) is 4.74 Å². The van der Waals surface area contributed by atoms with E-state index in [-0.39, 0.29) is 24.0 Å². The van der Waals surface area contributed by atoms with Gasteiger partial charge in [0.1, 0.15) is 0 Å². The van der Waals surface area contributed by atoms with Crippen LogP contribution in [0.1, 0.15) is 19.8 Å². The average Bonchev–Trinajstić information content (AvgIpc) is 3.57. The molecule has 0 bridgehead atoms. The summed E-state index contributed by atoms with van der Waals surface area (Å²) in [6.45, 7) is 10.1. The number of benzene rings is 1. The summed E-state index contributed by atoms with van der Waals surface area (Å²) in [6.07, 6.45) is 2.69. The highest BCUT2D eigenvalue weighted by Crippen LogP contribution is 2.28. The molecule has 1 aliphatic carbocycles. The molecule has 1 aromatic rings. The van der Waals surface area contributed by atoms with Crippen LogP contribution >= 0.6 is 24.0 Å². The fourth-order valence-corrected chi connectivity index (χ4v) is 3.65. The maximum absolute atomic E-state index is 5.75. The van der Waals surface area contributed by atoms with Crippen molar-refractivity contribution in [3.63, 3.8) is 0 Å². The maximum atomic E-state index is 5.75. The Balaban J connectivity index is 0.00000300. The molecule has 0 aromatic heterocycles. The molecule has 2 fully saturated rings. The van der Waals surface area contributed by atoms with Crippen LogP contribution in [0, 0.1) is 5.92 Å². The van der Waals surface area contributed by atoms with Crippen molar-refractivity contribution in [3.05, 3.63) is 30.3 Å². The first-order valence-corrected chi connectivity index (χ1v) is 10.7. The van der Waals surface area contributed by atoms with Crippen LogP contribution in [0.2, 0.25) is 0 Å². The minimum atomic E-state index is 0. The van der Waals surface area contributed by atoms with Crippen molar-refractivity contribution in [3.8, 4) is 0 Å². The normalized spacial score (nSPS) is 18.9. The van der Waals surface area contributed by atoms with Crippen LogP contribution in [-0.2, 0) is 4.74 Å². The van der Waals surface area contributed by atoms with Gasteiger partial charge in [-0.1, -0.05) is 18.2 Å². The maximum Gasteiger partial charge on any atom is 0.193 e. The van der Waals surface area contributed by atoms with Crippen LogP contribution in [0.5, 0.6) is 0 Å². The molecule has 0 radical (unpaired) electrons. The van der Waals surface area contributed by atoms with Crippen molar-refractivity contribution in [1.82, 2.24) is 15.1 Å². The SMILES string of the molecule is CN=C(NCC(C)N1CCN(c2ccccc2)CC1)N(C)CCOCC1CC1.I. The lowest BCUT2D eigenvalue weighted by Gasteiger charge is -2.39. The minimum Gasteiger partial charge on any atom is -0.379 e. The summed E-state index contributed by atoms with van der Waals surface area (Å²) < 4.78 is 5.75. The van der Waals surface area contributed by atoms with Gasteiger partial charge in [-0.25, -0.2) is 0 Å². The Hall–Kier alpha value is -1.06. The van der Waals surface area contributed by atoms with E-state index >= 15 is 0 Å². The Labute approximate surface area is 193 Å². The van der Waals surface area contributed by atoms with Gasteiger partial charge in [0.15, 0.2) is 5.96 Å². The number of aliphatic imine (C=N–C) groups is 1. The fourth-order valence-electron chi connectivity index (χ4n) is 3.65. The van der Waals surface area contributed by atoms with Crippen LogP contribution in [-0.4, -0.2) is 88.4 Å². The molecule has 1 aliphatic heterocycles. The molecule has 1 saturated heterocycles. The largest absolute Gasteiger partial charge is 0.379 e. The molecule has 1 atom stereocenters. The summed E-state index contributed by atoms with van der Waals surface area (Å²) >= 11 is 0. The standard InChI is InChI=1S/C22H37N5O.HI/c1-19(26-11-13-27(14-12-26)21-7-5-4-6-8-21)17-24-22(23-2)25(3)15-16-28-18-20-9-10-20;/h4-8,19-20H,9-18H2,1-3H3,(H,23,24);1H. The van der Waals surface area contributed by atoms with Crippen molar-refractivity contribution < 1.29 is 4.74 Å². The number of nitrogens with one attached hydrogen (secondary N) is 1. The van der Waals surface area contributed by atoms with Gasteiger partial charge in [-0.2, -0.15) is 0 Å². The summed E-state index contributed by atoms with van der Waals surface area (Å²) in [4.78, 5) is 11.6. The van der Waals surface area contributed by atoms with Gasteiger partial charge in [0.25, 0.3) is 0 Å². The molecule has 6 nitrogen and oxygen atoms in total. The van der Waals surface area contributed by atoms with Gasteiger partial charge < -0.3 is 19.9 Å². The van der Waals surface area contributed by atoms with E-state index in [1.165, 1.54) is 18.5 Å². The van der Waals surface area contributed by atoms with E-state index < -0.39 is 0 Å². The second-order valence-electron chi connectivity index (χ2n) is 8.08. The molecule has 7 heteroatoms. The molecular formula is C22H38IN5O. The number of likely N-dealkylation sites (N-methyl/N-ethyl adjacent to an activating group) is 1. The molecule has 1 heterocycles. The molecule has 1 saturated carbocycles. The monoisotopic (exact) mass is 515 g/mol. The Morgan fingerprint density at radius 2 is 1.90 bits per heavy atom. The molecular weight excluding hydrogens is 477 g/mol. The summed E-state index contributed by atoms with van der Waals surface area (Å²) in [5.74, 6) is 1.77. The molecule has 29 heavy (non-hydrogen) atoms. The van der Waals surface area contributed by atoms with Crippen LogP contribution < -0.4 is 10.2 Å². The van der Waals surface area contributed by atoms with Gasteiger partial charge in [-0.3, -0.25) is 9.89 Å². The third kappa shape index (κ3) is 7.94. The second kappa shape index (κ2) is 12.6. The van der Waals surface area contributed by atoms with E-state index in [0.29, 0.717) is 6.04 Å². The summed E-state index contributed by atoms with van der Waals surface area (Å²) in [5.41, 5.74) is 1.33. The first-order valence-electron chi connectivity index (χ1n) is 10.7. The van der Waals surface area contributed by atoms with E-state index in [0.717, 1.165) is 64.4 Å². The van der Waals surface area contributed by atoms with Gasteiger partial charge >= 0.3 is 0 Å². The van der Waals surface area contributed by atoms with Crippen LogP contribution in [0.25, 0.3) is 0 Å². The first-order chi connectivity index (χ1) is 13.7. The molecule has 164 valence electrons. The Morgan fingerprint density at radius 1 is 1.21 bits per heavy atom. The van der Waals surface area contributed by atoms with Gasteiger partial charge in [0.2, 0.25) is 0 Å². The Morgan fingerprint density at radius 3 is 2.52 bits per heavy atom. The molecule has 0 amide bonds. The number of ether oxygens (including phenoxy) is 1. The van der Waals surface area contributed by atoms with Gasteiger partial charge in [0, 0.05) is 71.7 Å². The van der Waals surface area contributed by atoms with Crippen molar-refractivity contribution in [2.75, 3.05) is 71.5 Å². The lowest BCUT2D eigenvalue weighted by atomic mass is 10.2. The van der Waals surface area contributed by atoms with Gasteiger partial charge in [-0.15, -0.1) is 24.0 Å². The topological polar surface area (TPSA) is 43.3 Å². The highest BCUT2D eigenvalue weighted by atomic mass is 127. The van der Waals surface area contributed by atoms with Crippen molar-refractivity contribution >= 4 is 35.6 Å². The van der Waals surface area contributed by atoms with Gasteiger partial charge in [-0.05, 0) is 37.8 Å². The fraction of sp³-hybridized carbons (Fsp3) is 0.682. The summed E-state index contributed by atoms with van der Waals surface area (Å²) in [6, 6.07) is 11.2. The smallest absolute Gasteiger partial charge is 0.193 e. The summed E-state index contributed by atoms with van der Waals surface area (Å²) in [7, 11) is 3.94. The molecule has 3 rings (SSSR count). The lowest BCUT2D eigenvalue weighted by Crippen LogP contribution is -2.53. The number of rotatable bonds is 9. The van der Waals surface area contributed by atoms with Crippen molar-refractivity contribution in [2.24, 2.45) is 10.9 Å². The molecule has 1 N–H and O–H groups in total. The lowest BCUT2D eigenvalue weighted by molar-refractivity contribution is 0.115. The first kappa shape index (κ1) is 24.2. The van der Waals surface area contributed by atoms with E-state index in [1.807, 2.05) is 7.05 Å². The predicted molar refractivity (Wildman–Crippen MR) is 133 cm³/mol. The quantitative estimate of drug-likeness (QED) is 0.237. The zero-order valence-electron chi connectivity index (χ0n) is 18.2. The van der Waals surface area contributed by atoms with Crippen molar-refractivity contribution in [2.45, 2.75) is 25.8 Å². The second-order valence-corrected chi connectivity index (χ2v) is 8.08. The molecule has 0 spiro atoms. The zero-order chi connectivity index (χ0) is 19.8. The molecule has 1 unspecified atom stereocenters. The number of nitrogens with zero attached hydrogens (tertiary/aromatic N) is 4. The predicted octanol–water partition coefficient (Wildman–Crippen LogP) is 2.75. The van der Waals surface area contributed by atoms with Gasteiger partial charge in [0.05, 0.1) is 6.61 Å². The van der Waals surface area contributed by atoms with Crippen LogP contribution in [0.15, 0.2) is 35.3 Å². The number of halogens is 1. The Bertz CT molecular complexity index is 602. The third-order valence-electron chi connectivity index (χ3n) is 5.81. The van der Waals surface area contributed by atoms with Crippen LogP contribution in [0.4, 0.5) is 5.69 Å². The zero-order valence-corrected chi connectivity index (χ0v) is 20.5. The number of piperazine rings is 1. The number of para-hydroxylation sites is 1. The Kier molecular flexibility index (Phi) is 10.5.